The number of benzene rings is 2. The van der Waals surface area contributed by atoms with Crippen LogP contribution in [0.15, 0.2) is 45.7 Å². The average Bonchev–Trinajstić information content (AvgIpc) is 3.13. The lowest BCUT2D eigenvalue weighted by Gasteiger charge is -2.26. The van der Waals surface area contributed by atoms with Gasteiger partial charge in [-0.3, -0.25) is 4.79 Å². The highest BCUT2D eigenvalue weighted by atomic mass is 35.5. The number of fused-ring (bicyclic) bond motifs is 1. The van der Waals surface area contributed by atoms with E-state index < -0.39 is 15.9 Å². The van der Waals surface area contributed by atoms with Crippen LogP contribution in [0, 0.1) is 6.92 Å². The Bertz CT molecular complexity index is 1300. The summed E-state index contributed by atoms with van der Waals surface area (Å²) in [5.74, 6) is -0.0876. The number of nitrogens with one attached hydrogen (secondary N) is 1. The molecule has 0 radical (unpaired) electrons. The number of hydrogen-bond acceptors (Lipinski definition) is 6. The molecule has 0 bridgehead atoms. The van der Waals surface area contributed by atoms with Gasteiger partial charge in [-0.25, -0.2) is 8.42 Å². The van der Waals surface area contributed by atoms with Crippen LogP contribution in [0.3, 0.4) is 0 Å². The minimum absolute atomic E-state index is 0.0557. The van der Waals surface area contributed by atoms with Crippen LogP contribution in [0.2, 0.25) is 5.02 Å². The molecule has 10 heteroatoms. The number of sulfonamides is 1. The molecule has 1 aromatic heterocycles. The van der Waals surface area contributed by atoms with Crippen LogP contribution >= 0.6 is 11.6 Å². The molecule has 3 aromatic rings. The first kappa shape index (κ1) is 23.6. The second-order valence-corrected chi connectivity index (χ2v) is 10.3. The summed E-state index contributed by atoms with van der Waals surface area (Å²) in [6.45, 7) is 6.67. The van der Waals surface area contributed by atoms with Crippen LogP contribution in [0.25, 0.3) is 11.0 Å². The molecule has 0 saturated carbocycles. The molecule has 176 valence electrons. The predicted molar refractivity (Wildman–Crippen MR) is 126 cm³/mol. The van der Waals surface area contributed by atoms with Crippen molar-refractivity contribution in [3.8, 4) is 5.75 Å². The van der Waals surface area contributed by atoms with Crippen molar-refractivity contribution in [2.75, 3.05) is 31.6 Å². The monoisotopic (exact) mass is 492 g/mol. The summed E-state index contributed by atoms with van der Waals surface area (Å²) in [4.78, 5) is 13.2. The molecule has 0 atom stereocenters. The van der Waals surface area contributed by atoms with Crippen LogP contribution < -0.4 is 10.1 Å². The van der Waals surface area contributed by atoms with E-state index in [0.29, 0.717) is 35.1 Å². The first-order valence-electron chi connectivity index (χ1n) is 10.6. The van der Waals surface area contributed by atoms with Gasteiger partial charge in [-0.2, -0.15) is 4.31 Å². The largest absolute Gasteiger partial charge is 0.489 e. The highest BCUT2D eigenvalue weighted by Gasteiger charge is 2.28. The lowest BCUT2D eigenvalue weighted by Crippen LogP contribution is -2.40. The Morgan fingerprint density at radius 1 is 1.18 bits per heavy atom. The highest BCUT2D eigenvalue weighted by molar-refractivity contribution is 7.89. The van der Waals surface area contributed by atoms with Crippen LogP contribution in [0.1, 0.15) is 30.0 Å². The van der Waals surface area contributed by atoms with Gasteiger partial charge in [0.05, 0.1) is 34.9 Å². The number of rotatable bonds is 6. The number of hydrogen-bond donors (Lipinski definition) is 1. The van der Waals surface area contributed by atoms with Gasteiger partial charge in [-0.1, -0.05) is 23.7 Å². The SMILES string of the molecule is Cc1c(C(=O)Nc2cc(S(=O)(=O)N3CCOCC3)ccc2OC(C)C)oc2c(Cl)cccc12. The number of carbonyl (C=O) groups excluding carboxylic acids is 1. The van der Waals surface area contributed by atoms with E-state index >= 15 is 0 Å². The minimum atomic E-state index is -3.76. The second kappa shape index (κ2) is 9.34. The third-order valence-corrected chi connectivity index (χ3v) is 7.48. The Kier molecular flexibility index (Phi) is 6.67. The Balaban J connectivity index is 1.71. The third-order valence-electron chi connectivity index (χ3n) is 5.29. The van der Waals surface area contributed by atoms with E-state index in [1.165, 1.54) is 16.4 Å². The van der Waals surface area contributed by atoms with Crippen LogP contribution in [-0.2, 0) is 14.8 Å². The maximum Gasteiger partial charge on any atom is 0.291 e. The Morgan fingerprint density at radius 2 is 1.91 bits per heavy atom. The van der Waals surface area contributed by atoms with Gasteiger partial charge in [0, 0.05) is 24.0 Å². The summed E-state index contributed by atoms with van der Waals surface area (Å²) < 4.78 is 44.4. The van der Waals surface area contributed by atoms with Crippen molar-refractivity contribution < 1.29 is 27.1 Å². The van der Waals surface area contributed by atoms with Crippen molar-refractivity contribution in [3.05, 3.63) is 52.7 Å². The van der Waals surface area contributed by atoms with Crippen LogP contribution in [0.5, 0.6) is 5.75 Å². The molecule has 0 spiro atoms. The molecule has 2 aromatic carbocycles. The fourth-order valence-electron chi connectivity index (χ4n) is 3.66. The number of anilines is 1. The van der Waals surface area contributed by atoms with E-state index in [4.69, 9.17) is 25.5 Å². The van der Waals surface area contributed by atoms with Gasteiger partial charge >= 0.3 is 0 Å². The van der Waals surface area contributed by atoms with Crippen molar-refractivity contribution in [2.24, 2.45) is 0 Å². The standard InChI is InChI=1S/C23H25ClN2O6S/c1-14(2)31-20-8-7-16(33(28,29)26-9-11-30-12-10-26)13-19(20)25-23(27)21-15(3)17-5-4-6-18(24)22(17)32-21/h4-8,13-14H,9-12H2,1-3H3,(H,25,27). The molecule has 1 fully saturated rings. The number of carbonyl (C=O) groups is 1. The molecule has 33 heavy (non-hydrogen) atoms. The number of halogens is 1. The van der Waals surface area contributed by atoms with Crippen molar-refractivity contribution >= 4 is 44.2 Å². The van der Waals surface area contributed by atoms with E-state index in [-0.39, 0.29) is 35.5 Å². The molecular formula is C23H25ClN2O6S. The number of para-hydroxylation sites is 1. The summed E-state index contributed by atoms with van der Waals surface area (Å²) in [5, 5.41) is 3.89. The molecule has 4 rings (SSSR count). The van der Waals surface area contributed by atoms with E-state index in [9.17, 15) is 13.2 Å². The fourth-order valence-corrected chi connectivity index (χ4v) is 5.31. The number of amides is 1. The van der Waals surface area contributed by atoms with E-state index in [1.807, 2.05) is 19.9 Å². The molecule has 1 saturated heterocycles. The Hall–Kier alpha value is -2.59. The highest BCUT2D eigenvalue weighted by Crippen LogP contribution is 2.34. The molecule has 0 aliphatic carbocycles. The second-order valence-electron chi connectivity index (χ2n) is 7.97. The van der Waals surface area contributed by atoms with E-state index in [1.54, 1.807) is 25.1 Å². The average molecular weight is 493 g/mol. The van der Waals surface area contributed by atoms with Crippen LogP contribution in [0.4, 0.5) is 5.69 Å². The fraction of sp³-hybridized carbons (Fsp3) is 0.348. The van der Waals surface area contributed by atoms with Gasteiger partial charge in [-0.05, 0) is 45.0 Å². The zero-order valence-electron chi connectivity index (χ0n) is 18.6. The number of aryl methyl sites for hydroxylation is 1. The maximum absolute atomic E-state index is 13.1. The van der Waals surface area contributed by atoms with Gasteiger partial charge in [0.15, 0.2) is 11.3 Å². The molecule has 1 aliphatic rings. The lowest BCUT2D eigenvalue weighted by atomic mass is 10.1. The molecule has 1 amide bonds. The van der Waals surface area contributed by atoms with Gasteiger partial charge in [-0.15, -0.1) is 0 Å². The van der Waals surface area contributed by atoms with Gasteiger partial charge in [0.2, 0.25) is 10.0 Å². The zero-order chi connectivity index (χ0) is 23.8. The molecule has 0 unspecified atom stereocenters. The minimum Gasteiger partial charge on any atom is -0.489 e. The molecule has 1 aliphatic heterocycles. The molecule has 1 N–H and O–H groups in total. The predicted octanol–water partition coefficient (Wildman–Crippen LogP) is 4.46. The summed E-state index contributed by atoms with van der Waals surface area (Å²) in [5.41, 5.74) is 1.28. The normalized spacial score (nSPS) is 15.2. The molecular weight excluding hydrogens is 468 g/mol. The van der Waals surface area contributed by atoms with Gasteiger partial charge in [0.1, 0.15) is 5.75 Å². The summed E-state index contributed by atoms with van der Waals surface area (Å²) >= 11 is 6.21. The Morgan fingerprint density at radius 3 is 2.58 bits per heavy atom. The van der Waals surface area contributed by atoms with Crippen molar-refractivity contribution in [2.45, 2.75) is 31.8 Å². The third kappa shape index (κ3) is 4.72. The van der Waals surface area contributed by atoms with E-state index in [0.717, 1.165) is 5.39 Å². The number of furan rings is 1. The lowest BCUT2D eigenvalue weighted by molar-refractivity contribution is 0.0730. The summed E-state index contributed by atoms with van der Waals surface area (Å²) in [6, 6.07) is 9.72. The van der Waals surface area contributed by atoms with Crippen molar-refractivity contribution in [3.63, 3.8) is 0 Å². The van der Waals surface area contributed by atoms with E-state index in [2.05, 4.69) is 5.32 Å². The van der Waals surface area contributed by atoms with Gasteiger partial charge in [0.25, 0.3) is 5.91 Å². The zero-order valence-corrected chi connectivity index (χ0v) is 20.1. The summed E-state index contributed by atoms with van der Waals surface area (Å²) in [6.07, 6.45) is -0.186. The first-order chi connectivity index (χ1) is 15.7. The van der Waals surface area contributed by atoms with Crippen molar-refractivity contribution in [1.82, 2.24) is 4.31 Å². The molecule has 2 heterocycles. The number of ether oxygens (including phenoxy) is 2. The number of morpholine rings is 1. The topological polar surface area (TPSA) is 98.1 Å². The number of nitrogens with zero attached hydrogens (tertiary/aromatic N) is 1. The van der Waals surface area contributed by atoms with Crippen LogP contribution in [-0.4, -0.2) is 51.0 Å². The van der Waals surface area contributed by atoms with Gasteiger partial charge < -0.3 is 19.2 Å². The Labute approximate surface area is 197 Å². The smallest absolute Gasteiger partial charge is 0.291 e. The first-order valence-corrected chi connectivity index (χ1v) is 12.4. The molecule has 8 nitrogen and oxygen atoms in total. The maximum atomic E-state index is 13.1. The quantitative estimate of drug-likeness (QED) is 0.545. The summed E-state index contributed by atoms with van der Waals surface area (Å²) in [7, 11) is -3.76. The van der Waals surface area contributed by atoms with Crippen molar-refractivity contribution in [1.29, 1.82) is 0 Å².